The molecule has 0 N–H and O–H groups in total. The summed E-state index contributed by atoms with van der Waals surface area (Å²) in [6, 6.07) is 0. The Morgan fingerprint density at radius 3 is 2.62 bits per heavy atom. The fraction of sp³-hybridized carbons (Fsp3) is 0.444. The summed E-state index contributed by atoms with van der Waals surface area (Å²) in [5.41, 5.74) is 0. The van der Waals surface area contributed by atoms with E-state index < -0.39 is 3.23 Å². The molecule has 1 aliphatic carbocycles. The molecule has 0 spiro atoms. The number of halogens is 2. The molecule has 1 unspecified atom stereocenters. The molecular formula is C9H10Br2O2. The van der Waals surface area contributed by atoms with Crippen LogP contribution in [0.4, 0.5) is 0 Å². The largest absolute Gasteiger partial charge is 0.497 e. The Morgan fingerprint density at radius 2 is 2.23 bits per heavy atom. The normalized spacial score (nSPS) is 25.2. The highest BCUT2D eigenvalue weighted by Crippen LogP contribution is 2.41. The summed E-state index contributed by atoms with van der Waals surface area (Å²) in [4.78, 5) is 11.2. The molecule has 0 aromatic heterocycles. The van der Waals surface area contributed by atoms with Crippen molar-refractivity contribution in [1.29, 1.82) is 0 Å². The van der Waals surface area contributed by atoms with Gasteiger partial charge in [0.2, 0.25) is 0 Å². The Kier molecular flexibility index (Phi) is 3.35. The number of alkyl halides is 2. The maximum atomic E-state index is 11.2. The van der Waals surface area contributed by atoms with Gasteiger partial charge in [-0.3, -0.25) is 4.79 Å². The van der Waals surface area contributed by atoms with E-state index in [2.05, 4.69) is 31.9 Å². The molecule has 0 saturated heterocycles. The quantitative estimate of drug-likeness (QED) is 0.733. The highest BCUT2D eigenvalue weighted by Gasteiger charge is 2.35. The average Bonchev–Trinajstić information content (AvgIpc) is 2.01. The molecule has 0 amide bonds. The van der Waals surface area contributed by atoms with Gasteiger partial charge in [-0.25, -0.2) is 0 Å². The van der Waals surface area contributed by atoms with Crippen LogP contribution >= 0.6 is 31.9 Å². The smallest absolute Gasteiger partial charge is 0.139 e. The van der Waals surface area contributed by atoms with Crippen LogP contribution in [0.1, 0.15) is 6.92 Å². The molecule has 1 aliphatic rings. The number of hydrogen-bond donors (Lipinski definition) is 0. The van der Waals surface area contributed by atoms with Gasteiger partial charge in [0.25, 0.3) is 0 Å². The van der Waals surface area contributed by atoms with Crippen molar-refractivity contribution >= 4 is 37.6 Å². The molecule has 0 aromatic carbocycles. The zero-order valence-corrected chi connectivity index (χ0v) is 10.6. The molecule has 13 heavy (non-hydrogen) atoms. The van der Waals surface area contributed by atoms with Crippen molar-refractivity contribution in [2.24, 2.45) is 5.92 Å². The molecule has 0 saturated carbocycles. The van der Waals surface area contributed by atoms with E-state index >= 15 is 0 Å². The number of methoxy groups -OCH3 is 1. The molecular weight excluding hydrogens is 300 g/mol. The number of ether oxygens (including phenoxy) is 1. The summed E-state index contributed by atoms with van der Waals surface area (Å²) in [7, 11) is 1.60. The third-order valence-corrected chi connectivity index (χ3v) is 3.32. The van der Waals surface area contributed by atoms with Crippen LogP contribution in [0.15, 0.2) is 24.0 Å². The molecule has 0 bridgehead atoms. The molecule has 4 heteroatoms. The predicted octanol–water partition coefficient (Wildman–Crippen LogP) is 2.78. The lowest BCUT2D eigenvalue weighted by molar-refractivity contribution is -0.119. The number of carbonyl (C=O) groups is 1. The molecule has 0 fully saturated rings. The van der Waals surface area contributed by atoms with Crippen LogP contribution in [0.3, 0.4) is 0 Å². The summed E-state index contributed by atoms with van der Waals surface area (Å²) >= 11 is 6.86. The van der Waals surface area contributed by atoms with Crippen LogP contribution < -0.4 is 0 Å². The first-order valence-electron chi connectivity index (χ1n) is 3.80. The molecule has 72 valence electrons. The van der Waals surface area contributed by atoms with Crippen molar-refractivity contribution in [2.45, 2.75) is 10.2 Å². The van der Waals surface area contributed by atoms with Crippen LogP contribution in [0.25, 0.3) is 0 Å². The number of ketones is 1. The van der Waals surface area contributed by atoms with E-state index in [4.69, 9.17) is 4.74 Å². The third kappa shape index (κ3) is 2.44. The second kappa shape index (κ2) is 3.96. The van der Waals surface area contributed by atoms with Crippen LogP contribution in [0.2, 0.25) is 0 Å². The van der Waals surface area contributed by atoms with Gasteiger partial charge < -0.3 is 4.74 Å². The molecule has 0 aromatic rings. The minimum atomic E-state index is -0.508. The van der Waals surface area contributed by atoms with E-state index in [1.807, 2.05) is 12.2 Å². The van der Waals surface area contributed by atoms with Crippen molar-refractivity contribution in [1.82, 2.24) is 0 Å². The lowest BCUT2D eigenvalue weighted by Gasteiger charge is -2.26. The fourth-order valence-corrected chi connectivity index (χ4v) is 2.58. The number of carbonyl (C=O) groups excluding carboxylic acids is 1. The summed E-state index contributed by atoms with van der Waals surface area (Å²) in [5, 5.41) is 0. The Labute approximate surface area is 94.3 Å². The van der Waals surface area contributed by atoms with Crippen molar-refractivity contribution in [3.8, 4) is 0 Å². The van der Waals surface area contributed by atoms with Crippen molar-refractivity contribution in [3.05, 3.63) is 24.0 Å². The van der Waals surface area contributed by atoms with Crippen molar-refractivity contribution < 1.29 is 9.53 Å². The van der Waals surface area contributed by atoms with Crippen molar-refractivity contribution in [3.63, 3.8) is 0 Å². The molecule has 1 atom stereocenters. The predicted molar refractivity (Wildman–Crippen MR) is 59.0 cm³/mol. The maximum absolute atomic E-state index is 11.2. The zero-order valence-electron chi connectivity index (χ0n) is 7.38. The van der Waals surface area contributed by atoms with Crippen LogP contribution in [-0.2, 0) is 9.53 Å². The van der Waals surface area contributed by atoms with E-state index in [1.165, 1.54) is 0 Å². The molecule has 0 aliphatic heterocycles. The van der Waals surface area contributed by atoms with Gasteiger partial charge in [-0.2, -0.15) is 0 Å². The zero-order chi connectivity index (χ0) is 10.1. The van der Waals surface area contributed by atoms with E-state index in [-0.39, 0.29) is 11.7 Å². The highest BCUT2D eigenvalue weighted by molar-refractivity contribution is 9.25. The standard InChI is InChI=1S/C9H10Br2O2/c1-6(12)8-4-3-7(13-2)5-9(8,10)11/h3-5,8H,1-2H3. The van der Waals surface area contributed by atoms with E-state index in [0.717, 1.165) is 5.76 Å². The molecule has 0 heterocycles. The van der Waals surface area contributed by atoms with E-state index in [9.17, 15) is 4.79 Å². The minimum Gasteiger partial charge on any atom is -0.497 e. The maximum Gasteiger partial charge on any atom is 0.139 e. The number of Topliss-reactive ketones (excluding diaryl/α,β-unsaturated/α-hetero) is 1. The first kappa shape index (κ1) is 11.0. The van der Waals surface area contributed by atoms with Gasteiger partial charge in [0, 0.05) is 0 Å². The summed E-state index contributed by atoms with van der Waals surface area (Å²) in [5.74, 6) is 0.661. The molecule has 2 nitrogen and oxygen atoms in total. The van der Waals surface area contributed by atoms with Crippen molar-refractivity contribution in [2.75, 3.05) is 7.11 Å². The lowest BCUT2D eigenvalue weighted by atomic mass is 9.96. The second-order valence-corrected chi connectivity index (χ2v) is 6.56. The van der Waals surface area contributed by atoms with Gasteiger partial charge in [0.15, 0.2) is 0 Å². The van der Waals surface area contributed by atoms with Gasteiger partial charge in [0.1, 0.15) is 14.8 Å². The summed E-state index contributed by atoms with van der Waals surface area (Å²) in [6.45, 7) is 1.57. The average molecular weight is 310 g/mol. The second-order valence-electron chi connectivity index (χ2n) is 2.87. The number of rotatable bonds is 2. The van der Waals surface area contributed by atoms with Gasteiger partial charge in [-0.05, 0) is 19.1 Å². The van der Waals surface area contributed by atoms with Gasteiger partial charge >= 0.3 is 0 Å². The fourth-order valence-electron chi connectivity index (χ4n) is 1.18. The Hall–Kier alpha value is -0.0900. The Balaban J connectivity index is 2.94. The van der Waals surface area contributed by atoms with Crippen LogP contribution in [-0.4, -0.2) is 16.1 Å². The Morgan fingerprint density at radius 1 is 1.62 bits per heavy atom. The van der Waals surface area contributed by atoms with Gasteiger partial charge in [0.05, 0.1) is 13.0 Å². The topological polar surface area (TPSA) is 26.3 Å². The molecule has 0 radical (unpaired) electrons. The third-order valence-electron chi connectivity index (χ3n) is 1.88. The first-order chi connectivity index (χ1) is 5.97. The minimum absolute atomic E-state index is 0.108. The van der Waals surface area contributed by atoms with Crippen LogP contribution in [0.5, 0.6) is 0 Å². The number of allylic oxidation sites excluding steroid dienone is 3. The number of hydrogen-bond acceptors (Lipinski definition) is 2. The monoisotopic (exact) mass is 308 g/mol. The van der Waals surface area contributed by atoms with E-state index in [0.29, 0.717) is 0 Å². The van der Waals surface area contributed by atoms with Crippen LogP contribution in [0, 0.1) is 5.92 Å². The highest BCUT2D eigenvalue weighted by atomic mass is 79.9. The van der Waals surface area contributed by atoms with Gasteiger partial charge in [-0.15, -0.1) is 0 Å². The van der Waals surface area contributed by atoms with E-state index in [1.54, 1.807) is 20.1 Å². The summed E-state index contributed by atoms with van der Waals surface area (Å²) < 4.78 is 4.55. The summed E-state index contributed by atoms with van der Waals surface area (Å²) in [6.07, 6.45) is 5.45. The van der Waals surface area contributed by atoms with Gasteiger partial charge in [-0.1, -0.05) is 37.9 Å². The first-order valence-corrected chi connectivity index (χ1v) is 5.39. The Bertz CT molecular complexity index is 279. The SMILES string of the molecule is COC1=CC(Br)(Br)C(C(C)=O)C=C1. The lowest BCUT2D eigenvalue weighted by Crippen LogP contribution is -2.29. The molecule has 1 rings (SSSR count).